The smallest absolute Gasteiger partial charge is 0.189 e. The van der Waals surface area contributed by atoms with Crippen LogP contribution in [0, 0.1) is 5.92 Å². The molecule has 3 nitrogen and oxygen atoms in total. The summed E-state index contributed by atoms with van der Waals surface area (Å²) in [4.78, 5) is 0. The van der Waals surface area contributed by atoms with Crippen molar-refractivity contribution in [2.24, 2.45) is 11.7 Å². The van der Waals surface area contributed by atoms with Gasteiger partial charge >= 0.3 is 0 Å². The van der Waals surface area contributed by atoms with Gasteiger partial charge in [-0.3, -0.25) is 0 Å². The molecule has 1 aromatic carbocycles. The number of benzene rings is 1. The zero-order chi connectivity index (χ0) is 11.4. The van der Waals surface area contributed by atoms with E-state index in [1.807, 2.05) is 31.2 Å². The summed E-state index contributed by atoms with van der Waals surface area (Å²) in [6.07, 6.45) is 2.61. The highest BCUT2D eigenvalue weighted by atomic mass is 16.7. The molecule has 0 amide bonds. The number of ether oxygens (including phenoxy) is 2. The summed E-state index contributed by atoms with van der Waals surface area (Å²) in [5, 5.41) is 0. The third kappa shape index (κ3) is 3.51. The molecular weight excluding hydrogens is 202 g/mol. The van der Waals surface area contributed by atoms with Crippen LogP contribution in [0.15, 0.2) is 24.3 Å². The lowest BCUT2D eigenvalue weighted by atomic mass is 10.1. The molecule has 1 fully saturated rings. The molecule has 16 heavy (non-hydrogen) atoms. The van der Waals surface area contributed by atoms with Crippen LogP contribution in [0.1, 0.15) is 31.4 Å². The fourth-order valence-corrected chi connectivity index (χ4v) is 1.50. The van der Waals surface area contributed by atoms with E-state index in [-0.39, 0.29) is 6.04 Å². The fraction of sp³-hybridized carbons (Fsp3) is 0.538. The minimum Gasteiger partial charge on any atom is -0.468 e. The second-order valence-electron chi connectivity index (χ2n) is 4.44. The Bertz CT molecular complexity index is 334. The molecule has 1 aliphatic rings. The third-order valence-electron chi connectivity index (χ3n) is 2.74. The first-order valence-electron chi connectivity index (χ1n) is 5.82. The van der Waals surface area contributed by atoms with E-state index in [1.165, 1.54) is 12.8 Å². The number of hydrogen-bond donors (Lipinski definition) is 1. The van der Waals surface area contributed by atoms with Crippen LogP contribution in [0.2, 0.25) is 0 Å². The van der Waals surface area contributed by atoms with Gasteiger partial charge in [-0.2, -0.15) is 0 Å². The summed E-state index contributed by atoms with van der Waals surface area (Å²) in [6.45, 7) is 3.12. The van der Waals surface area contributed by atoms with Gasteiger partial charge in [-0.25, -0.2) is 0 Å². The molecule has 2 N–H and O–H groups in total. The van der Waals surface area contributed by atoms with E-state index in [1.54, 1.807) is 0 Å². The lowest BCUT2D eigenvalue weighted by Gasteiger charge is -2.10. The average molecular weight is 221 g/mol. The zero-order valence-corrected chi connectivity index (χ0v) is 9.69. The van der Waals surface area contributed by atoms with Crippen LogP contribution in [0.5, 0.6) is 5.75 Å². The summed E-state index contributed by atoms with van der Waals surface area (Å²) >= 11 is 0. The van der Waals surface area contributed by atoms with Gasteiger partial charge < -0.3 is 15.2 Å². The topological polar surface area (TPSA) is 44.5 Å². The van der Waals surface area contributed by atoms with E-state index < -0.39 is 0 Å². The Morgan fingerprint density at radius 3 is 2.94 bits per heavy atom. The molecule has 1 aliphatic carbocycles. The summed E-state index contributed by atoms with van der Waals surface area (Å²) in [7, 11) is 0. The Kier molecular flexibility index (Phi) is 3.80. The zero-order valence-electron chi connectivity index (χ0n) is 9.69. The van der Waals surface area contributed by atoms with Crippen molar-refractivity contribution >= 4 is 0 Å². The minimum absolute atomic E-state index is 0.0379. The lowest BCUT2D eigenvalue weighted by molar-refractivity contribution is 0.00993. The summed E-state index contributed by atoms with van der Waals surface area (Å²) in [5.74, 6) is 1.60. The van der Waals surface area contributed by atoms with Crippen molar-refractivity contribution < 1.29 is 9.47 Å². The van der Waals surface area contributed by atoms with Gasteiger partial charge in [0.1, 0.15) is 5.75 Å². The Morgan fingerprint density at radius 1 is 1.44 bits per heavy atom. The van der Waals surface area contributed by atoms with Crippen molar-refractivity contribution in [3.63, 3.8) is 0 Å². The highest BCUT2D eigenvalue weighted by Gasteiger charge is 2.21. The van der Waals surface area contributed by atoms with Crippen LogP contribution in [0.3, 0.4) is 0 Å². The number of hydrogen-bond acceptors (Lipinski definition) is 3. The van der Waals surface area contributed by atoms with Gasteiger partial charge in [0.2, 0.25) is 0 Å². The average Bonchev–Trinajstić information content (AvgIpc) is 3.09. The van der Waals surface area contributed by atoms with Gasteiger partial charge in [-0.1, -0.05) is 12.1 Å². The highest BCUT2D eigenvalue weighted by Crippen LogP contribution is 2.28. The Morgan fingerprint density at radius 2 is 2.25 bits per heavy atom. The van der Waals surface area contributed by atoms with Crippen LogP contribution < -0.4 is 10.5 Å². The lowest BCUT2D eigenvalue weighted by Crippen LogP contribution is -2.07. The minimum atomic E-state index is 0.0379. The molecule has 1 saturated carbocycles. The van der Waals surface area contributed by atoms with Crippen LogP contribution in [0.4, 0.5) is 0 Å². The summed E-state index contributed by atoms with van der Waals surface area (Å²) in [5.41, 5.74) is 6.88. The van der Waals surface area contributed by atoms with E-state index in [0.29, 0.717) is 6.79 Å². The molecule has 0 saturated heterocycles. The fourth-order valence-electron chi connectivity index (χ4n) is 1.50. The molecule has 0 aromatic heterocycles. The van der Waals surface area contributed by atoms with Crippen molar-refractivity contribution in [3.8, 4) is 5.75 Å². The van der Waals surface area contributed by atoms with E-state index in [0.717, 1.165) is 23.8 Å². The Labute approximate surface area is 96.5 Å². The van der Waals surface area contributed by atoms with Gasteiger partial charge in [-0.05, 0) is 43.4 Å². The van der Waals surface area contributed by atoms with Crippen LogP contribution >= 0.6 is 0 Å². The van der Waals surface area contributed by atoms with Crippen molar-refractivity contribution in [2.75, 3.05) is 13.4 Å². The standard InChI is InChI=1S/C13H19NO2/c1-10(14)12-3-2-4-13(7-12)16-9-15-8-11-5-6-11/h2-4,7,10-11H,5-6,8-9,14H2,1H3/t10-/m0/s1. The maximum atomic E-state index is 5.80. The van der Waals surface area contributed by atoms with Gasteiger partial charge in [0.25, 0.3) is 0 Å². The SMILES string of the molecule is C[C@H](N)c1cccc(OCOCC2CC2)c1. The molecule has 2 rings (SSSR count). The molecule has 0 spiro atoms. The van der Waals surface area contributed by atoms with E-state index in [2.05, 4.69) is 0 Å². The normalized spacial score (nSPS) is 17.1. The monoisotopic (exact) mass is 221 g/mol. The highest BCUT2D eigenvalue weighted by molar-refractivity contribution is 5.29. The van der Waals surface area contributed by atoms with Crippen molar-refractivity contribution in [2.45, 2.75) is 25.8 Å². The van der Waals surface area contributed by atoms with Crippen molar-refractivity contribution in [1.82, 2.24) is 0 Å². The Hall–Kier alpha value is -1.06. The second kappa shape index (κ2) is 5.32. The first kappa shape index (κ1) is 11.4. The van der Waals surface area contributed by atoms with E-state index in [4.69, 9.17) is 15.2 Å². The molecule has 3 heteroatoms. The van der Waals surface area contributed by atoms with Crippen LogP contribution in [-0.2, 0) is 4.74 Å². The molecule has 0 radical (unpaired) electrons. The Balaban J connectivity index is 1.76. The quantitative estimate of drug-likeness (QED) is 0.593. The van der Waals surface area contributed by atoms with Gasteiger partial charge in [0.05, 0.1) is 6.61 Å². The molecular formula is C13H19NO2. The van der Waals surface area contributed by atoms with Crippen LogP contribution in [-0.4, -0.2) is 13.4 Å². The summed E-state index contributed by atoms with van der Waals surface area (Å²) < 4.78 is 10.9. The van der Waals surface area contributed by atoms with Crippen molar-refractivity contribution in [1.29, 1.82) is 0 Å². The predicted octanol–water partition coefficient (Wildman–Crippen LogP) is 2.47. The van der Waals surface area contributed by atoms with E-state index >= 15 is 0 Å². The van der Waals surface area contributed by atoms with Gasteiger partial charge in [0.15, 0.2) is 6.79 Å². The number of rotatable bonds is 6. The molecule has 0 bridgehead atoms. The molecule has 1 atom stereocenters. The third-order valence-corrected chi connectivity index (χ3v) is 2.74. The predicted molar refractivity (Wildman–Crippen MR) is 63.2 cm³/mol. The molecule has 0 heterocycles. The molecule has 0 aliphatic heterocycles. The van der Waals surface area contributed by atoms with Crippen LogP contribution in [0.25, 0.3) is 0 Å². The van der Waals surface area contributed by atoms with E-state index in [9.17, 15) is 0 Å². The van der Waals surface area contributed by atoms with Gasteiger partial charge in [0, 0.05) is 6.04 Å². The maximum Gasteiger partial charge on any atom is 0.189 e. The first-order chi connectivity index (χ1) is 7.75. The largest absolute Gasteiger partial charge is 0.468 e. The van der Waals surface area contributed by atoms with Crippen molar-refractivity contribution in [3.05, 3.63) is 29.8 Å². The summed E-state index contributed by atoms with van der Waals surface area (Å²) in [6, 6.07) is 7.88. The second-order valence-corrected chi connectivity index (χ2v) is 4.44. The molecule has 88 valence electrons. The molecule has 1 aromatic rings. The maximum absolute atomic E-state index is 5.80. The van der Waals surface area contributed by atoms with Gasteiger partial charge in [-0.15, -0.1) is 0 Å². The number of nitrogens with two attached hydrogens (primary N) is 1. The molecule has 0 unspecified atom stereocenters. The first-order valence-corrected chi connectivity index (χ1v) is 5.82.